The van der Waals surface area contributed by atoms with Crippen molar-refractivity contribution in [3.05, 3.63) is 68.6 Å². The monoisotopic (exact) mass is 411 g/mol. The molecule has 0 spiro atoms. The first-order chi connectivity index (χ1) is 14.0. The Bertz CT molecular complexity index is 1020. The molecule has 0 saturated carbocycles. The number of nitro benzene ring substituents is 1. The molecular weight excluding hydrogens is 390 g/mol. The van der Waals surface area contributed by atoms with E-state index in [0.29, 0.717) is 22.2 Å². The highest BCUT2D eigenvalue weighted by Gasteiger charge is 2.32. The molecule has 1 aliphatic rings. The van der Waals surface area contributed by atoms with Crippen molar-refractivity contribution in [3.63, 3.8) is 0 Å². The van der Waals surface area contributed by atoms with Crippen molar-refractivity contribution in [1.29, 1.82) is 0 Å². The van der Waals surface area contributed by atoms with Gasteiger partial charge in [0.05, 0.1) is 22.6 Å². The molecule has 2 aromatic carbocycles. The van der Waals surface area contributed by atoms with Crippen LogP contribution in [0.1, 0.15) is 25.0 Å². The van der Waals surface area contributed by atoms with Crippen LogP contribution in [0.5, 0.6) is 5.75 Å². The summed E-state index contributed by atoms with van der Waals surface area (Å²) in [5.41, 5.74) is 2.35. The lowest BCUT2D eigenvalue weighted by molar-refractivity contribution is -0.385. The predicted molar refractivity (Wildman–Crippen MR) is 116 cm³/mol. The third-order valence-electron chi connectivity index (χ3n) is 4.49. The number of thioether (sulfide) groups is 1. The number of carbonyl (C=O) groups excluding carboxylic acids is 1. The number of benzene rings is 2. The van der Waals surface area contributed by atoms with Crippen molar-refractivity contribution in [2.45, 2.75) is 20.3 Å². The van der Waals surface area contributed by atoms with Crippen LogP contribution >= 0.6 is 11.8 Å². The number of aryl methyl sites for hydroxylation is 1. The van der Waals surface area contributed by atoms with E-state index in [4.69, 9.17) is 9.73 Å². The molecule has 1 fully saturated rings. The first-order valence-corrected chi connectivity index (χ1v) is 10.0. The van der Waals surface area contributed by atoms with E-state index in [1.807, 2.05) is 31.2 Å². The van der Waals surface area contributed by atoms with Gasteiger partial charge in [-0.05, 0) is 54.4 Å². The average Bonchev–Trinajstić information content (AvgIpc) is 3.02. The maximum atomic E-state index is 12.8. The molecule has 8 heteroatoms. The zero-order valence-corrected chi connectivity index (χ0v) is 17.2. The molecule has 0 aromatic heterocycles. The molecule has 0 bridgehead atoms. The minimum absolute atomic E-state index is 0.143. The van der Waals surface area contributed by atoms with Crippen molar-refractivity contribution in [2.75, 3.05) is 13.7 Å². The van der Waals surface area contributed by atoms with E-state index in [-0.39, 0.29) is 17.3 Å². The van der Waals surface area contributed by atoms with Gasteiger partial charge in [0.1, 0.15) is 0 Å². The van der Waals surface area contributed by atoms with Crippen molar-refractivity contribution < 1.29 is 14.5 Å². The first-order valence-electron chi connectivity index (χ1n) is 9.18. The SMILES string of the molecule is CCc1ccccc1N=C1S/C(=C/c2ccc(OC)c([N+](=O)[O-])c2)C(=O)N1CC. The molecule has 29 heavy (non-hydrogen) atoms. The Morgan fingerprint density at radius 2 is 2.00 bits per heavy atom. The number of ether oxygens (including phenoxy) is 1. The van der Waals surface area contributed by atoms with E-state index in [0.717, 1.165) is 17.7 Å². The van der Waals surface area contributed by atoms with E-state index >= 15 is 0 Å². The summed E-state index contributed by atoms with van der Waals surface area (Å²) in [7, 11) is 1.38. The lowest BCUT2D eigenvalue weighted by Gasteiger charge is -2.12. The quantitative estimate of drug-likeness (QED) is 0.388. The Labute approximate surface area is 173 Å². The molecule has 1 aliphatic heterocycles. The molecule has 1 saturated heterocycles. The highest BCUT2D eigenvalue weighted by atomic mass is 32.2. The number of likely N-dealkylation sites (N-methyl/N-ethyl adjacent to an activating group) is 1. The Morgan fingerprint density at radius 1 is 1.24 bits per heavy atom. The maximum absolute atomic E-state index is 12.8. The van der Waals surface area contributed by atoms with Gasteiger partial charge in [-0.3, -0.25) is 19.8 Å². The number of carbonyl (C=O) groups is 1. The van der Waals surface area contributed by atoms with E-state index in [1.165, 1.54) is 31.0 Å². The number of methoxy groups -OCH3 is 1. The van der Waals surface area contributed by atoms with Gasteiger partial charge in [-0.1, -0.05) is 31.2 Å². The van der Waals surface area contributed by atoms with E-state index < -0.39 is 4.92 Å². The van der Waals surface area contributed by atoms with Crippen LogP contribution in [-0.4, -0.2) is 34.6 Å². The lowest BCUT2D eigenvalue weighted by atomic mass is 10.1. The van der Waals surface area contributed by atoms with Crippen LogP contribution in [0.15, 0.2) is 52.4 Å². The Hall–Kier alpha value is -3.13. The van der Waals surface area contributed by atoms with Gasteiger partial charge in [-0.2, -0.15) is 0 Å². The van der Waals surface area contributed by atoms with Crippen LogP contribution in [0.2, 0.25) is 0 Å². The van der Waals surface area contributed by atoms with Gasteiger partial charge >= 0.3 is 5.69 Å². The van der Waals surface area contributed by atoms with Crippen molar-refractivity contribution in [3.8, 4) is 5.75 Å². The topological polar surface area (TPSA) is 85.0 Å². The molecule has 0 radical (unpaired) electrons. The highest BCUT2D eigenvalue weighted by molar-refractivity contribution is 8.18. The van der Waals surface area contributed by atoms with Gasteiger partial charge in [-0.15, -0.1) is 0 Å². The molecular formula is C21H21N3O4S. The third kappa shape index (κ3) is 4.32. The molecule has 0 N–H and O–H groups in total. The number of rotatable bonds is 6. The van der Waals surface area contributed by atoms with Gasteiger partial charge in [0, 0.05) is 12.6 Å². The Morgan fingerprint density at radius 3 is 2.66 bits per heavy atom. The summed E-state index contributed by atoms with van der Waals surface area (Å²) in [4.78, 5) is 30.4. The van der Waals surface area contributed by atoms with Gasteiger partial charge in [0.25, 0.3) is 5.91 Å². The number of para-hydroxylation sites is 1. The predicted octanol–water partition coefficient (Wildman–Crippen LogP) is 4.79. The summed E-state index contributed by atoms with van der Waals surface area (Å²) in [6.45, 7) is 4.44. The minimum atomic E-state index is -0.503. The molecule has 0 unspecified atom stereocenters. The average molecular weight is 411 g/mol. The second-order valence-electron chi connectivity index (χ2n) is 6.23. The number of amidine groups is 1. The molecule has 3 rings (SSSR count). The lowest BCUT2D eigenvalue weighted by Crippen LogP contribution is -2.28. The van der Waals surface area contributed by atoms with Gasteiger partial charge in [0.15, 0.2) is 10.9 Å². The van der Waals surface area contributed by atoms with Gasteiger partial charge < -0.3 is 4.74 Å². The molecule has 2 aromatic rings. The zero-order chi connectivity index (χ0) is 21.0. The number of amides is 1. The molecule has 1 heterocycles. The molecule has 0 atom stereocenters. The second-order valence-corrected chi connectivity index (χ2v) is 7.23. The summed E-state index contributed by atoms with van der Waals surface area (Å²) < 4.78 is 5.03. The van der Waals surface area contributed by atoms with Crippen LogP contribution in [0.25, 0.3) is 6.08 Å². The smallest absolute Gasteiger partial charge is 0.311 e. The van der Waals surface area contributed by atoms with E-state index in [1.54, 1.807) is 17.0 Å². The zero-order valence-electron chi connectivity index (χ0n) is 16.4. The van der Waals surface area contributed by atoms with Crippen LogP contribution in [0, 0.1) is 10.1 Å². The third-order valence-corrected chi connectivity index (χ3v) is 5.50. The van der Waals surface area contributed by atoms with Gasteiger partial charge in [-0.25, -0.2) is 4.99 Å². The fourth-order valence-corrected chi connectivity index (χ4v) is 4.04. The number of hydrogen-bond donors (Lipinski definition) is 0. The molecule has 1 amide bonds. The normalized spacial score (nSPS) is 16.7. The highest BCUT2D eigenvalue weighted by Crippen LogP contribution is 2.36. The van der Waals surface area contributed by atoms with Crippen LogP contribution < -0.4 is 4.74 Å². The fraction of sp³-hybridized carbons (Fsp3) is 0.238. The van der Waals surface area contributed by atoms with E-state index in [2.05, 4.69) is 6.92 Å². The van der Waals surface area contributed by atoms with E-state index in [9.17, 15) is 14.9 Å². The molecule has 150 valence electrons. The number of aliphatic imine (C=N–C) groups is 1. The van der Waals surface area contributed by atoms with Crippen LogP contribution in [0.3, 0.4) is 0 Å². The number of nitrogens with zero attached hydrogens (tertiary/aromatic N) is 3. The van der Waals surface area contributed by atoms with Gasteiger partial charge in [0.2, 0.25) is 0 Å². The Kier molecular flexibility index (Phi) is 6.33. The van der Waals surface area contributed by atoms with Crippen molar-refractivity contribution in [1.82, 2.24) is 4.90 Å². The summed E-state index contributed by atoms with van der Waals surface area (Å²) >= 11 is 1.27. The largest absolute Gasteiger partial charge is 0.490 e. The van der Waals surface area contributed by atoms with Crippen LogP contribution in [0.4, 0.5) is 11.4 Å². The first kappa shape index (κ1) is 20.6. The minimum Gasteiger partial charge on any atom is -0.490 e. The second kappa shape index (κ2) is 8.91. The maximum Gasteiger partial charge on any atom is 0.311 e. The van der Waals surface area contributed by atoms with Crippen molar-refractivity contribution >= 4 is 40.3 Å². The summed E-state index contributed by atoms with van der Waals surface area (Å²) in [6.07, 6.45) is 2.49. The standard InChI is InChI=1S/C21H21N3O4S/c1-4-15-8-6-7-9-16(15)22-21-23(5-2)20(25)19(29-21)13-14-10-11-18(28-3)17(12-14)24(26)27/h6-13H,4-5H2,1-3H3/b19-13+,22-21?. The fourth-order valence-electron chi connectivity index (χ4n) is 2.98. The molecule has 0 aliphatic carbocycles. The number of nitro groups is 1. The Balaban J connectivity index is 1.98. The van der Waals surface area contributed by atoms with Crippen molar-refractivity contribution in [2.24, 2.45) is 4.99 Å². The number of hydrogen-bond acceptors (Lipinski definition) is 6. The summed E-state index contributed by atoms with van der Waals surface area (Å²) in [6, 6.07) is 12.4. The summed E-state index contributed by atoms with van der Waals surface area (Å²) in [5.74, 6) is 0.0138. The molecule has 7 nitrogen and oxygen atoms in total. The summed E-state index contributed by atoms with van der Waals surface area (Å²) in [5, 5.41) is 11.9. The van der Waals surface area contributed by atoms with Crippen LogP contribution in [-0.2, 0) is 11.2 Å².